The molecule has 120 valence electrons. The Bertz CT molecular complexity index is 954. The summed E-state index contributed by atoms with van der Waals surface area (Å²) in [7, 11) is 0. The Morgan fingerprint density at radius 1 is 1.00 bits per heavy atom. The number of halogens is 3. The Morgan fingerprint density at radius 3 is 2.54 bits per heavy atom. The van der Waals surface area contributed by atoms with Gasteiger partial charge in [0.2, 0.25) is 0 Å². The number of benzene rings is 2. The van der Waals surface area contributed by atoms with Crippen LogP contribution in [-0.2, 0) is 0 Å². The molecule has 0 bridgehead atoms. The zero-order valence-corrected chi connectivity index (χ0v) is 16.4. The minimum Gasteiger partial charge on any atom is -0.302 e. The molecule has 0 saturated heterocycles. The number of aromatic nitrogens is 1. The fourth-order valence-electron chi connectivity index (χ4n) is 2.83. The number of nitrogens with one attached hydrogen (secondary N) is 1. The second-order valence-electron chi connectivity index (χ2n) is 5.66. The Labute approximate surface area is 161 Å². The number of pyridine rings is 1. The van der Waals surface area contributed by atoms with Gasteiger partial charge in [-0.25, -0.2) is 4.98 Å². The summed E-state index contributed by atoms with van der Waals surface area (Å²) < 4.78 is 2.08. The van der Waals surface area contributed by atoms with Gasteiger partial charge in [-0.05, 0) is 42.0 Å². The van der Waals surface area contributed by atoms with E-state index in [1.54, 1.807) is 0 Å². The molecule has 3 aromatic rings. The van der Waals surface area contributed by atoms with Gasteiger partial charge < -0.3 is 5.43 Å². The zero-order valence-electron chi connectivity index (χ0n) is 12.4. The number of hydrazone groups is 1. The monoisotopic (exact) mass is 463 g/mol. The van der Waals surface area contributed by atoms with Crippen LogP contribution in [-0.4, -0.2) is 10.7 Å². The zero-order chi connectivity index (χ0) is 16.7. The topological polar surface area (TPSA) is 37.3 Å². The van der Waals surface area contributed by atoms with Crippen LogP contribution in [0.5, 0.6) is 0 Å². The normalized spacial score (nSPS) is 17.0. The Hall–Kier alpha value is -1.43. The van der Waals surface area contributed by atoms with Crippen LogP contribution in [0.25, 0.3) is 10.9 Å². The number of nitrogens with zero attached hydrogens (tertiary/aromatic N) is 2. The molecule has 1 aliphatic heterocycles. The van der Waals surface area contributed by atoms with E-state index in [0.29, 0.717) is 5.15 Å². The highest BCUT2D eigenvalue weighted by molar-refractivity contribution is 9.10. The van der Waals surface area contributed by atoms with Gasteiger partial charge in [0.15, 0.2) is 0 Å². The molecule has 0 amide bonds. The van der Waals surface area contributed by atoms with Crippen LogP contribution >= 0.6 is 43.5 Å². The first kappa shape index (κ1) is 16.1. The minimum absolute atomic E-state index is 0.0343. The molecule has 0 spiro atoms. The molecule has 0 aliphatic carbocycles. The van der Waals surface area contributed by atoms with Crippen LogP contribution in [0.2, 0.25) is 5.15 Å². The van der Waals surface area contributed by atoms with E-state index in [0.717, 1.165) is 43.1 Å². The SMILES string of the molecule is Clc1nc2ccc(Br)cc2cc1C1CC(c2ccc(Br)cc2)=NN1. The molecular formula is C18H12Br2ClN3. The van der Waals surface area contributed by atoms with Gasteiger partial charge in [-0.15, -0.1) is 0 Å². The molecule has 2 aromatic carbocycles. The van der Waals surface area contributed by atoms with Crippen molar-refractivity contribution in [3.63, 3.8) is 0 Å². The Balaban J connectivity index is 1.64. The van der Waals surface area contributed by atoms with Crippen LogP contribution in [0.15, 0.2) is 62.6 Å². The van der Waals surface area contributed by atoms with Gasteiger partial charge in [0.05, 0.1) is 17.3 Å². The Kier molecular flexibility index (Phi) is 4.33. The van der Waals surface area contributed by atoms with E-state index < -0.39 is 0 Å². The third-order valence-corrected chi connectivity index (χ3v) is 5.39. The molecule has 2 heterocycles. The summed E-state index contributed by atoms with van der Waals surface area (Å²) >= 11 is 13.4. The molecule has 3 nitrogen and oxygen atoms in total. The van der Waals surface area contributed by atoms with Gasteiger partial charge in [-0.2, -0.15) is 5.10 Å². The molecule has 1 aliphatic rings. The lowest BCUT2D eigenvalue weighted by Crippen LogP contribution is -2.11. The molecule has 1 unspecified atom stereocenters. The van der Waals surface area contributed by atoms with E-state index in [9.17, 15) is 0 Å². The highest BCUT2D eigenvalue weighted by Gasteiger charge is 2.24. The second-order valence-corrected chi connectivity index (χ2v) is 7.85. The van der Waals surface area contributed by atoms with Gasteiger partial charge in [-0.3, -0.25) is 0 Å². The molecule has 0 fully saturated rings. The Morgan fingerprint density at radius 2 is 1.75 bits per heavy atom. The maximum absolute atomic E-state index is 6.42. The highest BCUT2D eigenvalue weighted by atomic mass is 79.9. The van der Waals surface area contributed by atoms with Gasteiger partial charge in [-0.1, -0.05) is 55.6 Å². The van der Waals surface area contributed by atoms with Crippen LogP contribution in [0.3, 0.4) is 0 Å². The van der Waals surface area contributed by atoms with Crippen LogP contribution in [0.4, 0.5) is 0 Å². The average molecular weight is 466 g/mol. The van der Waals surface area contributed by atoms with E-state index >= 15 is 0 Å². The third-order valence-electron chi connectivity index (χ3n) is 4.06. The van der Waals surface area contributed by atoms with Gasteiger partial charge >= 0.3 is 0 Å². The van der Waals surface area contributed by atoms with Crippen molar-refractivity contribution in [2.75, 3.05) is 0 Å². The van der Waals surface area contributed by atoms with Crippen molar-refractivity contribution in [2.24, 2.45) is 5.10 Å². The van der Waals surface area contributed by atoms with Gasteiger partial charge in [0.1, 0.15) is 5.15 Å². The maximum Gasteiger partial charge on any atom is 0.135 e. The first-order chi connectivity index (χ1) is 11.6. The number of hydrogen-bond donors (Lipinski definition) is 1. The predicted molar refractivity (Wildman–Crippen MR) is 106 cm³/mol. The lowest BCUT2D eigenvalue weighted by Gasteiger charge is -2.13. The van der Waals surface area contributed by atoms with Crippen molar-refractivity contribution in [1.29, 1.82) is 0 Å². The van der Waals surface area contributed by atoms with E-state index in [1.807, 2.05) is 30.3 Å². The maximum atomic E-state index is 6.42. The molecule has 6 heteroatoms. The summed E-state index contributed by atoms with van der Waals surface area (Å²) in [6, 6.07) is 16.3. The van der Waals surface area contributed by atoms with Crippen molar-refractivity contribution in [1.82, 2.24) is 10.4 Å². The first-order valence-electron chi connectivity index (χ1n) is 7.44. The lowest BCUT2D eigenvalue weighted by molar-refractivity contribution is 0.619. The van der Waals surface area contributed by atoms with Crippen molar-refractivity contribution in [2.45, 2.75) is 12.5 Å². The van der Waals surface area contributed by atoms with Crippen molar-refractivity contribution < 1.29 is 0 Å². The summed E-state index contributed by atoms with van der Waals surface area (Å²) in [5.74, 6) is 0. The molecule has 0 saturated carbocycles. The summed E-state index contributed by atoms with van der Waals surface area (Å²) in [5.41, 5.74) is 7.19. The predicted octanol–water partition coefficient (Wildman–Crippen LogP) is 5.85. The summed E-state index contributed by atoms with van der Waals surface area (Å²) in [4.78, 5) is 4.52. The number of fused-ring (bicyclic) bond motifs is 1. The first-order valence-corrected chi connectivity index (χ1v) is 9.40. The molecule has 1 atom stereocenters. The quantitative estimate of drug-likeness (QED) is 0.482. The van der Waals surface area contributed by atoms with E-state index in [1.165, 1.54) is 0 Å². The van der Waals surface area contributed by atoms with E-state index in [-0.39, 0.29) is 6.04 Å². The smallest absolute Gasteiger partial charge is 0.135 e. The molecule has 1 aromatic heterocycles. The van der Waals surface area contributed by atoms with Crippen LogP contribution in [0, 0.1) is 0 Å². The van der Waals surface area contributed by atoms with E-state index in [4.69, 9.17) is 11.6 Å². The standard InChI is InChI=1S/C18H12Br2ClN3/c19-12-3-1-10(2-4-12)16-9-17(24-23-16)14-8-11-7-13(20)5-6-15(11)22-18(14)21/h1-8,17,24H,9H2. The van der Waals surface area contributed by atoms with Crippen LogP contribution < -0.4 is 5.43 Å². The van der Waals surface area contributed by atoms with Crippen molar-refractivity contribution in [3.8, 4) is 0 Å². The molecule has 1 N–H and O–H groups in total. The summed E-state index contributed by atoms with van der Waals surface area (Å²) in [6.07, 6.45) is 0.780. The number of rotatable bonds is 2. The van der Waals surface area contributed by atoms with Crippen molar-refractivity contribution in [3.05, 3.63) is 73.8 Å². The minimum atomic E-state index is 0.0343. The molecule has 0 radical (unpaired) electrons. The molecule has 24 heavy (non-hydrogen) atoms. The number of hydrogen-bond acceptors (Lipinski definition) is 3. The van der Waals surface area contributed by atoms with E-state index in [2.05, 4.69) is 65.6 Å². The van der Waals surface area contributed by atoms with Gasteiger partial charge in [0, 0.05) is 26.3 Å². The van der Waals surface area contributed by atoms with Gasteiger partial charge in [0.25, 0.3) is 0 Å². The highest BCUT2D eigenvalue weighted by Crippen LogP contribution is 2.32. The largest absolute Gasteiger partial charge is 0.302 e. The lowest BCUT2D eigenvalue weighted by atomic mass is 9.99. The fraction of sp³-hybridized carbons (Fsp3) is 0.111. The molecule has 4 rings (SSSR count). The van der Waals surface area contributed by atoms with Crippen molar-refractivity contribution >= 4 is 60.1 Å². The fourth-order valence-corrected chi connectivity index (χ4v) is 3.75. The second kappa shape index (κ2) is 6.47. The summed E-state index contributed by atoms with van der Waals surface area (Å²) in [6.45, 7) is 0. The average Bonchev–Trinajstić information content (AvgIpc) is 3.05. The third kappa shape index (κ3) is 3.08. The van der Waals surface area contributed by atoms with Crippen LogP contribution in [0.1, 0.15) is 23.6 Å². The summed E-state index contributed by atoms with van der Waals surface area (Å²) in [5, 5.41) is 6.07. The molecular weight excluding hydrogens is 453 g/mol.